The minimum Gasteiger partial charge on any atom is -0.481 e. The zero-order valence-electron chi connectivity index (χ0n) is 22.5. The van der Waals surface area contributed by atoms with Crippen LogP contribution in [-0.2, 0) is 29.1 Å². The standard InChI is InChI=1S/C29H29Cl2FN2O6S2/c1-2-19(16-33-42(38,39)29(12-13-29)20-8-3-4-9-21(20)32)34-26(23-10-11-24(31)41-23)27(17-6-5-7-18(30)14-17)40-22(28(34)37)15-25(35)36/h3-11,14,19,22,26-27,33H,2,12-13,15-16H2,1H3,(H,35,36)/t19-,22+,26+,27+/m0/s1. The normalized spacial score (nSPS) is 22.6. The number of rotatable bonds is 11. The van der Waals surface area contributed by atoms with Gasteiger partial charge in [0.05, 0.1) is 16.8 Å². The van der Waals surface area contributed by atoms with Gasteiger partial charge in [-0.15, -0.1) is 11.3 Å². The van der Waals surface area contributed by atoms with Crippen molar-refractivity contribution >= 4 is 56.4 Å². The Morgan fingerprint density at radius 2 is 1.93 bits per heavy atom. The van der Waals surface area contributed by atoms with Crippen molar-refractivity contribution in [1.29, 1.82) is 0 Å². The van der Waals surface area contributed by atoms with Crippen molar-refractivity contribution in [3.63, 3.8) is 0 Å². The molecular weight excluding hydrogens is 626 g/mol. The Bertz CT molecular complexity index is 1600. The summed E-state index contributed by atoms with van der Waals surface area (Å²) in [7, 11) is -4.06. The first-order valence-corrected chi connectivity index (χ1v) is 16.5. The van der Waals surface area contributed by atoms with E-state index in [2.05, 4.69) is 4.72 Å². The summed E-state index contributed by atoms with van der Waals surface area (Å²) >= 11 is 13.8. The molecule has 1 aliphatic heterocycles. The fourth-order valence-corrected chi connectivity index (χ4v) is 8.76. The molecule has 2 aliphatic rings. The second-order valence-corrected chi connectivity index (χ2v) is 14.7. The molecule has 0 unspecified atom stereocenters. The Morgan fingerprint density at radius 1 is 1.19 bits per heavy atom. The summed E-state index contributed by atoms with van der Waals surface area (Å²) in [5.41, 5.74) is 0.735. The van der Waals surface area contributed by atoms with Crippen molar-refractivity contribution in [2.24, 2.45) is 0 Å². The van der Waals surface area contributed by atoms with Gasteiger partial charge in [0.25, 0.3) is 5.91 Å². The van der Waals surface area contributed by atoms with E-state index in [0.29, 0.717) is 26.2 Å². The molecule has 13 heteroatoms. The third kappa shape index (κ3) is 5.95. The highest BCUT2D eigenvalue weighted by Crippen LogP contribution is 2.53. The maximum Gasteiger partial charge on any atom is 0.306 e. The van der Waals surface area contributed by atoms with E-state index in [1.165, 1.54) is 34.4 Å². The summed E-state index contributed by atoms with van der Waals surface area (Å²) in [6, 6.07) is 14.7. The van der Waals surface area contributed by atoms with Gasteiger partial charge in [0.15, 0.2) is 0 Å². The van der Waals surface area contributed by atoms with Crippen LogP contribution in [0.3, 0.4) is 0 Å². The molecule has 0 radical (unpaired) electrons. The van der Waals surface area contributed by atoms with Gasteiger partial charge in [0.2, 0.25) is 10.0 Å². The lowest BCUT2D eigenvalue weighted by atomic mass is 9.93. The number of nitrogens with zero attached hydrogens (tertiary/aromatic N) is 1. The molecule has 2 aromatic carbocycles. The van der Waals surface area contributed by atoms with Crippen molar-refractivity contribution in [3.8, 4) is 0 Å². The van der Waals surface area contributed by atoms with E-state index >= 15 is 0 Å². The number of ether oxygens (including phenoxy) is 1. The third-order valence-corrected chi connectivity index (χ3v) is 11.5. The SMILES string of the molecule is CC[C@@H](CNS(=O)(=O)C1(c2ccccc2F)CC1)N1C(=O)[C@@H](CC(=O)O)O[C@H](c2cccc(Cl)c2)[C@H]1c1ccc(Cl)s1. The number of morpholine rings is 1. The first-order chi connectivity index (χ1) is 20.0. The number of hydrogen-bond donors (Lipinski definition) is 2. The molecule has 1 aliphatic carbocycles. The molecule has 3 aromatic rings. The molecule has 2 fully saturated rings. The van der Waals surface area contributed by atoms with Crippen molar-refractivity contribution in [3.05, 3.63) is 91.8 Å². The number of thiophene rings is 1. The molecule has 224 valence electrons. The lowest BCUT2D eigenvalue weighted by molar-refractivity contribution is -0.183. The van der Waals surface area contributed by atoms with Gasteiger partial charge in [0.1, 0.15) is 22.8 Å². The van der Waals surface area contributed by atoms with Crippen LogP contribution in [0.1, 0.15) is 60.8 Å². The van der Waals surface area contributed by atoms with E-state index in [0.717, 1.165) is 0 Å². The number of nitrogens with one attached hydrogen (secondary N) is 1. The summed E-state index contributed by atoms with van der Waals surface area (Å²) in [5, 5.41) is 10.0. The van der Waals surface area contributed by atoms with Gasteiger partial charge in [-0.05, 0) is 55.2 Å². The average molecular weight is 656 g/mol. The highest BCUT2D eigenvalue weighted by molar-refractivity contribution is 7.90. The number of carboxylic acids is 1. The molecule has 2 heterocycles. The number of hydrogen-bond acceptors (Lipinski definition) is 6. The van der Waals surface area contributed by atoms with Gasteiger partial charge in [-0.1, -0.05) is 60.5 Å². The van der Waals surface area contributed by atoms with Crippen LogP contribution in [0.15, 0.2) is 60.7 Å². The van der Waals surface area contributed by atoms with Crippen molar-refractivity contribution in [2.75, 3.05) is 6.54 Å². The number of amides is 1. The third-order valence-electron chi connectivity index (χ3n) is 7.81. The Kier molecular flexibility index (Phi) is 8.99. The van der Waals surface area contributed by atoms with Gasteiger partial charge in [-0.25, -0.2) is 17.5 Å². The zero-order valence-corrected chi connectivity index (χ0v) is 25.6. The highest BCUT2D eigenvalue weighted by Gasteiger charge is 2.57. The lowest BCUT2D eigenvalue weighted by Crippen LogP contribution is -2.57. The molecule has 1 amide bonds. The number of aliphatic carboxylic acids is 1. The molecule has 1 saturated carbocycles. The van der Waals surface area contributed by atoms with Crippen LogP contribution >= 0.6 is 34.5 Å². The topological polar surface area (TPSA) is 113 Å². The predicted octanol–water partition coefficient (Wildman–Crippen LogP) is 6.07. The van der Waals surface area contributed by atoms with Crippen LogP contribution in [0.25, 0.3) is 0 Å². The van der Waals surface area contributed by atoms with Gasteiger partial charge in [0, 0.05) is 28.0 Å². The molecule has 2 N–H and O–H groups in total. The van der Waals surface area contributed by atoms with Crippen LogP contribution in [0, 0.1) is 5.82 Å². The molecule has 42 heavy (non-hydrogen) atoms. The number of sulfonamides is 1. The van der Waals surface area contributed by atoms with Crippen LogP contribution in [-0.4, -0.2) is 49.0 Å². The van der Waals surface area contributed by atoms with E-state index in [9.17, 15) is 27.5 Å². The average Bonchev–Trinajstić information content (AvgIpc) is 3.65. The van der Waals surface area contributed by atoms with Crippen LogP contribution in [0.4, 0.5) is 4.39 Å². The summed E-state index contributed by atoms with van der Waals surface area (Å²) in [4.78, 5) is 27.9. The summed E-state index contributed by atoms with van der Waals surface area (Å²) in [5.74, 6) is -2.39. The monoisotopic (exact) mass is 654 g/mol. The fourth-order valence-electron chi connectivity index (χ4n) is 5.59. The summed E-state index contributed by atoms with van der Waals surface area (Å²) in [6.45, 7) is 1.64. The molecular formula is C29H29Cl2FN2O6S2. The minimum absolute atomic E-state index is 0.113. The smallest absolute Gasteiger partial charge is 0.306 e. The number of carbonyl (C=O) groups excluding carboxylic acids is 1. The second kappa shape index (κ2) is 12.2. The van der Waals surface area contributed by atoms with Crippen molar-refractivity contribution in [1.82, 2.24) is 9.62 Å². The van der Waals surface area contributed by atoms with Gasteiger partial charge >= 0.3 is 5.97 Å². The maximum absolute atomic E-state index is 14.7. The maximum atomic E-state index is 14.7. The van der Waals surface area contributed by atoms with E-state index in [1.54, 1.807) is 42.5 Å². The number of carboxylic acid groups (broad SMARTS) is 1. The number of carbonyl (C=O) groups is 2. The molecule has 1 saturated heterocycles. The Balaban J connectivity index is 1.52. The van der Waals surface area contributed by atoms with Crippen LogP contribution in [0.5, 0.6) is 0 Å². The fraction of sp³-hybridized carbons (Fsp3) is 0.379. The zero-order chi connectivity index (χ0) is 30.2. The Morgan fingerprint density at radius 3 is 2.52 bits per heavy atom. The van der Waals surface area contributed by atoms with Gasteiger partial charge < -0.3 is 14.7 Å². The van der Waals surface area contributed by atoms with E-state index in [1.807, 2.05) is 6.92 Å². The molecule has 0 bridgehead atoms. The Hall–Kier alpha value is -2.54. The van der Waals surface area contributed by atoms with E-state index < -0.39 is 63.2 Å². The largest absolute Gasteiger partial charge is 0.481 e. The molecule has 5 rings (SSSR count). The second-order valence-electron chi connectivity index (χ2n) is 10.4. The molecule has 4 atom stereocenters. The predicted molar refractivity (Wildman–Crippen MR) is 159 cm³/mol. The van der Waals surface area contributed by atoms with Gasteiger partial charge in [-0.3, -0.25) is 9.59 Å². The quantitative estimate of drug-likeness (QED) is 0.260. The van der Waals surface area contributed by atoms with Crippen LogP contribution in [0.2, 0.25) is 9.36 Å². The summed E-state index contributed by atoms with van der Waals surface area (Å²) in [6.07, 6.45) is -1.85. The van der Waals surface area contributed by atoms with Crippen molar-refractivity contribution < 1.29 is 32.2 Å². The highest BCUT2D eigenvalue weighted by atomic mass is 35.5. The van der Waals surface area contributed by atoms with Crippen LogP contribution < -0.4 is 4.72 Å². The molecule has 1 aromatic heterocycles. The van der Waals surface area contributed by atoms with E-state index in [4.69, 9.17) is 27.9 Å². The van der Waals surface area contributed by atoms with Gasteiger partial charge in [-0.2, -0.15) is 0 Å². The lowest BCUT2D eigenvalue weighted by Gasteiger charge is -2.47. The minimum atomic E-state index is -4.06. The Labute approximate surface area is 257 Å². The molecule has 8 nitrogen and oxygen atoms in total. The summed E-state index contributed by atoms with van der Waals surface area (Å²) < 4.78 is 49.8. The number of halogens is 3. The van der Waals surface area contributed by atoms with E-state index in [-0.39, 0.29) is 24.9 Å². The van der Waals surface area contributed by atoms with Crippen molar-refractivity contribution in [2.45, 2.75) is 61.6 Å². The first-order valence-electron chi connectivity index (χ1n) is 13.4. The number of benzene rings is 2. The first kappa shape index (κ1) is 30.9. The molecule has 0 spiro atoms.